The van der Waals surface area contributed by atoms with Crippen LogP contribution in [0.25, 0.3) is 0 Å². The molecule has 0 radical (unpaired) electrons. The van der Waals surface area contributed by atoms with Gasteiger partial charge in [-0.1, -0.05) is 0 Å². The Hall–Kier alpha value is -2.65. The van der Waals surface area contributed by atoms with E-state index < -0.39 is 6.09 Å². The summed E-state index contributed by atoms with van der Waals surface area (Å²) in [5.74, 6) is 0.0331. The van der Waals surface area contributed by atoms with Crippen molar-refractivity contribution in [2.45, 2.75) is 6.92 Å². The van der Waals surface area contributed by atoms with Gasteiger partial charge in [-0.3, -0.25) is 14.5 Å². The minimum atomic E-state index is -0.629. The molecule has 2 rings (SSSR count). The lowest BCUT2D eigenvalue weighted by Gasteiger charge is -2.26. The highest BCUT2D eigenvalue weighted by Gasteiger charge is 2.11. The predicted octanol–water partition coefficient (Wildman–Crippen LogP) is 0.443. The van der Waals surface area contributed by atoms with Gasteiger partial charge in [-0.25, -0.2) is 4.79 Å². The number of carbonyl (C=O) groups excluding carboxylic acids is 3. The first kappa shape index (κ1) is 21.6. The maximum atomic E-state index is 12.0. The topological polar surface area (TPSA) is 106 Å². The molecule has 0 aliphatic carbocycles. The van der Waals surface area contributed by atoms with Crippen molar-refractivity contribution >= 4 is 17.8 Å². The van der Waals surface area contributed by atoms with E-state index in [9.17, 15) is 14.4 Å². The molecule has 154 valence electrons. The van der Waals surface area contributed by atoms with Crippen molar-refractivity contribution in [3.05, 3.63) is 29.8 Å². The molecule has 1 aromatic rings. The Balaban J connectivity index is 1.65. The smallest absolute Gasteiger partial charge is 0.407 e. The lowest BCUT2D eigenvalue weighted by molar-refractivity contribution is -0.123. The molecular weight excluding hydrogens is 366 g/mol. The fourth-order valence-corrected chi connectivity index (χ4v) is 2.55. The van der Waals surface area contributed by atoms with Gasteiger partial charge in [0.15, 0.2) is 12.4 Å². The molecule has 0 spiro atoms. The quantitative estimate of drug-likeness (QED) is 0.556. The average Bonchev–Trinajstić information content (AvgIpc) is 2.72. The number of nitrogens with one attached hydrogen (secondary N) is 2. The van der Waals surface area contributed by atoms with E-state index in [0.717, 1.165) is 32.8 Å². The van der Waals surface area contributed by atoms with Crippen LogP contribution in [-0.2, 0) is 14.3 Å². The summed E-state index contributed by atoms with van der Waals surface area (Å²) in [6.45, 7) is 6.25. The molecule has 1 aliphatic rings. The van der Waals surface area contributed by atoms with E-state index in [0.29, 0.717) is 17.9 Å². The summed E-state index contributed by atoms with van der Waals surface area (Å²) in [5, 5.41) is 5.19. The van der Waals surface area contributed by atoms with E-state index in [1.807, 2.05) is 0 Å². The van der Waals surface area contributed by atoms with Gasteiger partial charge in [0, 0.05) is 31.7 Å². The number of Topliss-reactive ketones (excluding diaryl/α,β-unsaturated/α-hetero) is 1. The summed E-state index contributed by atoms with van der Waals surface area (Å²) in [5.41, 5.74) is 0.430. The molecule has 1 aliphatic heterocycles. The second-order valence-corrected chi connectivity index (χ2v) is 6.11. The van der Waals surface area contributed by atoms with Crippen LogP contribution in [0.1, 0.15) is 17.3 Å². The van der Waals surface area contributed by atoms with Crippen LogP contribution in [0.4, 0.5) is 4.79 Å². The number of nitrogens with zero attached hydrogens (tertiary/aromatic N) is 1. The van der Waals surface area contributed by atoms with Gasteiger partial charge in [0.25, 0.3) is 5.91 Å². The number of ether oxygens (including phenoxy) is 3. The van der Waals surface area contributed by atoms with Crippen molar-refractivity contribution < 1.29 is 28.6 Å². The number of hydrogen-bond acceptors (Lipinski definition) is 7. The normalized spacial score (nSPS) is 14.2. The van der Waals surface area contributed by atoms with Gasteiger partial charge in [-0.05, 0) is 31.2 Å². The van der Waals surface area contributed by atoms with Crippen molar-refractivity contribution in [1.29, 1.82) is 0 Å². The van der Waals surface area contributed by atoms with Crippen molar-refractivity contribution in [2.24, 2.45) is 0 Å². The summed E-state index contributed by atoms with van der Waals surface area (Å²) in [6, 6.07) is 6.39. The second kappa shape index (κ2) is 11.9. The molecule has 1 fully saturated rings. The monoisotopic (exact) mass is 393 g/mol. The lowest BCUT2D eigenvalue weighted by Crippen LogP contribution is -2.42. The Bertz CT molecular complexity index is 644. The minimum Gasteiger partial charge on any atom is -0.484 e. The van der Waals surface area contributed by atoms with E-state index in [-0.39, 0.29) is 31.4 Å². The molecule has 2 N–H and O–H groups in total. The summed E-state index contributed by atoms with van der Waals surface area (Å²) in [6.07, 6.45) is -0.629. The Morgan fingerprint density at radius 1 is 1.11 bits per heavy atom. The zero-order valence-corrected chi connectivity index (χ0v) is 16.1. The molecule has 9 heteroatoms. The highest BCUT2D eigenvalue weighted by molar-refractivity contribution is 5.98. The van der Waals surface area contributed by atoms with Gasteiger partial charge in [0.1, 0.15) is 5.75 Å². The van der Waals surface area contributed by atoms with Gasteiger partial charge >= 0.3 is 6.09 Å². The van der Waals surface area contributed by atoms with Crippen LogP contribution in [0.15, 0.2) is 24.3 Å². The summed E-state index contributed by atoms with van der Waals surface area (Å²) < 4.78 is 15.4. The van der Waals surface area contributed by atoms with Crippen molar-refractivity contribution in [3.8, 4) is 5.75 Å². The molecule has 0 bridgehead atoms. The van der Waals surface area contributed by atoms with Crippen molar-refractivity contribution in [1.82, 2.24) is 15.5 Å². The van der Waals surface area contributed by atoms with E-state index in [4.69, 9.17) is 14.2 Å². The summed E-state index contributed by atoms with van der Waals surface area (Å²) in [7, 11) is 0. The number of hydrogen-bond donors (Lipinski definition) is 2. The molecular formula is C19H27N3O6. The van der Waals surface area contributed by atoms with Crippen LogP contribution in [0.3, 0.4) is 0 Å². The molecule has 0 unspecified atom stereocenters. The fourth-order valence-electron chi connectivity index (χ4n) is 2.55. The maximum Gasteiger partial charge on any atom is 0.407 e. The van der Waals surface area contributed by atoms with Crippen LogP contribution >= 0.6 is 0 Å². The zero-order chi connectivity index (χ0) is 20.2. The third-order valence-corrected chi connectivity index (χ3v) is 4.07. The molecule has 28 heavy (non-hydrogen) atoms. The van der Waals surface area contributed by atoms with E-state index in [1.165, 1.54) is 0 Å². The Kier molecular flexibility index (Phi) is 9.23. The fraction of sp³-hybridized carbons (Fsp3) is 0.526. The third kappa shape index (κ3) is 7.93. The van der Waals surface area contributed by atoms with Gasteiger partial charge in [0.2, 0.25) is 0 Å². The number of alkyl carbamates (subject to hydrolysis) is 1. The number of carbonyl (C=O) groups is 3. The van der Waals surface area contributed by atoms with Crippen LogP contribution < -0.4 is 15.4 Å². The Morgan fingerprint density at radius 2 is 1.82 bits per heavy atom. The second-order valence-electron chi connectivity index (χ2n) is 6.11. The van der Waals surface area contributed by atoms with E-state index >= 15 is 0 Å². The summed E-state index contributed by atoms with van der Waals surface area (Å²) >= 11 is 0. The van der Waals surface area contributed by atoms with Crippen molar-refractivity contribution in [3.63, 3.8) is 0 Å². The third-order valence-electron chi connectivity index (χ3n) is 4.07. The van der Waals surface area contributed by atoms with Crippen LogP contribution in [-0.4, -0.2) is 81.8 Å². The average molecular weight is 393 g/mol. The lowest BCUT2D eigenvalue weighted by atomic mass is 10.1. The van der Waals surface area contributed by atoms with E-state index in [2.05, 4.69) is 15.5 Å². The SMILES string of the molecule is CCOC(=O)NCC(=O)c1ccc(OCC(=O)NCCN2CCOCC2)cc1. The number of benzene rings is 1. The Labute approximate surface area is 164 Å². The van der Waals surface area contributed by atoms with Gasteiger partial charge < -0.3 is 24.8 Å². The number of rotatable bonds is 10. The van der Waals surface area contributed by atoms with Crippen LogP contribution in [0.5, 0.6) is 5.75 Å². The van der Waals surface area contributed by atoms with Gasteiger partial charge in [-0.2, -0.15) is 0 Å². The predicted molar refractivity (Wildman–Crippen MR) is 102 cm³/mol. The van der Waals surface area contributed by atoms with Crippen LogP contribution in [0, 0.1) is 0 Å². The summed E-state index contributed by atoms with van der Waals surface area (Å²) in [4.78, 5) is 37.3. The largest absolute Gasteiger partial charge is 0.484 e. The first-order valence-corrected chi connectivity index (χ1v) is 9.32. The number of amides is 2. The molecule has 1 saturated heterocycles. The minimum absolute atomic E-state index is 0.0964. The van der Waals surface area contributed by atoms with Gasteiger partial charge in [0.05, 0.1) is 26.4 Å². The molecule has 0 aromatic heterocycles. The molecule has 2 amide bonds. The molecule has 0 atom stereocenters. The highest BCUT2D eigenvalue weighted by Crippen LogP contribution is 2.12. The molecule has 9 nitrogen and oxygen atoms in total. The molecule has 1 heterocycles. The van der Waals surface area contributed by atoms with Crippen LogP contribution in [0.2, 0.25) is 0 Å². The molecule has 0 saturated carbocycles. The maximum absolute atomic E-state index is 12.0. The zero-order valence-electron chi connectivity index (χ0n) is 16.1. The first-order chi connectivity index (χ1) is 13.6. The number of ketones is 1. The van der Waals surface area contributed by atoms with E-state index in [1.54, 1.807) is 31.2 Å². The standard InChI is InChI=1S/C19H27N3O6/c1-2-27-19(25)21-13-17(23)15-3-5-16(6-4-15)28-14-18(24)20-7-8-22-9-11-26-12-10-22/h3-6H,2,7-14H2,1H3,(H,20,24)(H,21,25). The Morgan fingerprint density at radius 3 is 2.50 bits per heavy atom. The first-order valence-electron chi connectivity index (χ1n) is 9.32. The van der Waals surface area contributed by atoms with Crippen molar-refractivity contribution in [2.75, 3.05) is 59.2 Å². The highest BCUT2D eigenvalue weighted by atomic mass is 16.5. The number of morpholine rings is 1. The molecule has 1 aromatic carbocycles. The van der Waals surface area contributed by atoms with Gasteiger partial charge in [-0.15, -0.1) is 0 Å².